The summed E-state index contributed by atoms with van der Waals surface area (Å²) in [6.45, 7) is 3.34. The highest BCUT2D eigenvalue weighted by Crippen LogP contribution is 2.34. The van der Waals surface area contributed by atoms with Crippen LogP contribution in [0.2, 0.25) is 0 Å². The lowest BCUT2D eigenvalue weighted by Crippen LogP contribution is -2.47. The average Bonchev–Trinajstić information content (AvgIpc) is 2.61. The number of ether oxygens (including phenoxy) is 2. The number of rotatable bonds is 8. The summed E-state index contributed by atoms with van der Waals surface area (Å²) in [6, 6.07) is 2.40. The molecule has 4 nitrogen and oxygen atoms in total. The van der Waals surface area contributed by atoms with E-state index >= 15 is 0 Å². The Hall–Kier alpha value is -0.160. The summed E-state index contributed by atoms with van der Waals surface area (Å²) in [6.07, 6.45) is 6.57. The van der Waals surface area contributed by atoms with E-state index in [-0.39, 0.29) is 0 Å². The molecular formula is C14H28N2O2. The fraction of sp³-hybridized carbons (Fsp3) is 1.00. The molecule has 0 radical (unpaired) electrons. The molecule has 2 rings (SSSR count). The number of piperidine rings is 1. The Morgan fingerprint density at radius 3 is 2.50 bits per heavy atom. The fourth-order valence-corrected chi connectivity index (χ4v) is 3.30. The minimum Gasteiger partial charge on any atom is -0.382 e. The Labute approximate surface area is 111 Å². The monoisotopic (exact) mass is 256 g/mol. The molecule has 2 aliphatic heterocycles. The lowest BCUT2D eigenvalue weighted by Gasteiger charge is -2.36. The summed E-state index contributed by atoms with van der Waals surface area (Å²) in [5.74, 6) is 0. The van der Waals surface area contributed by atoms with Crippen molar-refractivity contribution in [2.24, 2.45) is 0 Å². The van der Waals surface area contributed by atoms with Crippen molar-refractivity contribution < 1.29 is 9.47 Å². The van der Waals surface area contributed by atoms with Gasteiger partial charge in [-0.05, 0) is 45.7 Å². The maximum absolute atomic E-state index is 5.46. The van der Waals surface area contributed by atoms with Crippen LogP contribution in [0.25, 0.3) is 0 Å². The van der Waals surface area contributed by atoms with Crippen LogP contribution in [0.5, 0.6) is 0 Å². The molecule has 2 saturated heterocycles. The zero-order valence-electron chi connectivity index (χ0n) is 11.9. The first-order valence-corrected chi connectivity index (χ1v) is 7.33. The first-order valence-electron chi connectivity index (χ1n) is 7.33. The second-order valence-corrected chi connectivity index (χ2v) is 5.63. The van der Waals surface area contributed by atoms with Gasteiger partial charge >= 0.3 is 0 Å². The Kier molecular flexibility index (Phi) is 5.89. The molecule has 1 N–H and O–H groups in total. The topological polar surface area (TPSA) is 33.7 Å². The van der Waals surface area contributed by atoms with Crippen molar-refractivity contribution in [1.82, 2.24) is 10.2 Å². The van der Waals surface area contributed by atoms with E-state index in [1.165, 1.54) is 25.7 Å². The van der Waals surface area contributed by atoms with E-state index in [0.29, 0.717) is 6.61 Å². The van der Waals surface area contributed by atoms with Gasteiger partial charge in [-0.3, -0.25) is 0 Å². The summed E-state index contributed by atoms with van der Waals surface area (Å²) in [5.41, 5.74) is 0. The minimum absolute atomic E-state index is 0.700. The predicted octanol–water partition coefficient (Wildman–Crippen LogP) is 1.25. The van der Waals surface area contributed by atoms with Crippen LogP contribution in [0.3, 0.4) is 0 Å². The first-order chi connectivity index (χ1) is 8.81. The Balaban J connectivity index is 1.50. The highest BCUT2D eigenvalue weighted by atomic mass is 16.5. The number of hydrogen-bond acceptors (Lipinski definition) is 4. The van der Waals surface area contributed by atoms with E-state index in [0.717, 1.165) is 44.3 Å². The number of nitrogens with one attached hydrogen (secondary N) is 1. The molecule has 4 heteroatoms. The number of methoxy groups -OCH3 is 1. The van der Waals surface area contributed by atoms with Crippen molar-refractivity contribution in [3.63, 3.8) is 0 Å². The van der Waals surface area contributed by atoms with Crippen molar-refractivity contribution in [2.45, 2.75) is 50.2 Å². The molecule has 2 unspecified atom stereocenters. The highest BCUT2D eigenvalue weighted by molar-refractivity contribution is 4.95. The van der Waals surface area contributed by atoms with Gasteiger partial charge in [-0.2, -0.15) is 0 Å². The van der Waals surface area contributed by atoms with Gasteiger partial charge in [0.1, 0.15) is 0 Å². The van der Waals surface area contributed by atoms with Gasteiger partial charge in [0.2, 0.25) is 0 Å². The number of hydrogen-bond donors (Lipinski definition) is 1. The minimum atomic E-state index is 0.700. The molecule has 0 amide bonds. The van der Waals surface area contributed by atoms with E-state index in [1.807, 2.05) is 0 Å². The summed E-state index contributed by atoms with van der Waals surface area (Å²) in [7, 11) is 4.00. The molecular weight excluding hydrogens is 228 g/mol. The predicted molar refractivity (Wildman–Crippen MR) is 72.9 cm³/mol. The second-order valence-electron chi connectivity index (χ2n) is 5.63. The van der Waals surface area contributed by atoms with Crippen molar-refractivity contribution >= 4 is 0 Å². The molecule has 2 heterocycles. The van der Waals surface area contributed by atoms with Gasteiger partial charge in [-0.1, -0.05) is 0 Å². The van der Waals surface area contributed by atoms with E-state index < -0.39 is 0 Å². The first kappa shape index (κ1) is 14.3. The van der Waals surface area contributed by atoms with Crippen LogP contribution in [-0.4, -0.2) is 63.5 Å². The second kappa shape index (κ2) is 7.43. The molecule has 2 aliphatic rings. The van der Waals surface area contributed by atoms with Gasteiger partial charge < -0.3 is 19.7 Å². The summed E-state index contributed by atoms with van der Waals surface area (Å²) in [5, 5.41) is 3.70. The fourth-order valence-electron chi connectivity index (χ4n) is 3.30. The molecule has 0 aromatic carbocycles. The lowest BCUT2D eigenvalue weighted by atomic mass is 9.98. The Bertz CT molecular complexity index is 224. The molecule has 0 aliphatic carbocycles. The zero-order chi connectivity index (χ0) is 12.8. The van der Waals surface area contributed by atoms with Crippen molar-refractivity contribution in [2.75, 3.05) is 40.5 Å². The summed E-state index contributed by atoms with van der Waals surface area (Å²) < 4.78 is 10.4. The van der Waals surface area contributed by atoms with Crippen molar-refractivity contribution in [3.8, 4) is 0 Å². The molecule has 0 spiro atoms. The third kappa shape index (κ3) is 3.92. The average molecular weight is 256 g/mol. The van der Waals surface area contributed by atoms with Crippen molar-refractivity contribution in [1.29, 1.82) is 0 Å². The van der Waals surface area contributed by atoms with Crippen LogP contribution in [0.4, 0.5) is 0 Å². The van der Waals surface area contributed by atoms with E-state index in [9.17, 15) is 0 Å². The molecule has 2 atom stereocenters. The van der Waals surface area contributed by atoms with E-state index in [4.69, 9.17) is 9.47 Å². The molecule has 18 heavy (non-hydrogen) atoms. The normalized spacial score (nSPS) is 32.0. The quantitative estimate of drug-likeness (QED) is 0.663. The number of fused-ring (bicyclic) bond motifs is 2. The third-order valence-corrected chi connectivity index (χ3v) is 4.43. The van der Waals surface area contributed by atoms with Gasteiger partial charge in [0.15, 0.2) is 0 Å². The molecule has 2 fully saturated rings. The summed E-state index contributed by atoms with van der Waals surface area (Å²) in [4.78, 5) is 2.59. The van der Waals surface area contributed by atoms with Crippen LogP contribution in [0.1, 0.15) is 32.1 Å². The van der Waals surface area contributed by atoms with Gasteiger partial charge in [-0.25, -0.2) is 0 Å². The molecule has 0 saturated carbocycles. The molecule has 2 bridgehead atoms. The SMILES string of the molecule is COCCOCCCNC1CC2CCC(C1)N2C. The van der Waals surface area contributed by atoms with Crippen LogP contribution in [-0.2, 0) is 9.47 Å². The van der Waals surface area contributed by atoms with E-state index in [2.05, 4.69) is 17.3 Å². The zero-order valence-corrected chi connectivity index (χ0v) is 11.9. The van der Waals surface area contributed by atoms with Gasteiger partial charge in [0.05, 0.1) is 13.2 Å². The van der Waals surface area contributed by atoms with Crippen LogP contribution < -0.4 is 5.32 Å². The number of nitrogens with zero attached hydrogens (tertiary/aromatic N) is 1. The summed E-state index contributed by atoms with van der Waals surface area (Å²) >= 11 is 0. The smallest absolute Gasteiger partial charge is 0.0700 e. The van der Waals surface area contributed by atoms with Gasteiger partial charge in [0, 0.05) is 31.8 Å². The Morgan fingerprint density at radius 1 is 1.11 bits per heavy atom. The van der Waals surface area contributed by atoms with Gasteiger partial charge in [0.25, 0.3) is 0 Å². The third-order valence-electron chi connectivity index (χ3n) is 4.43. The van der Waals surface area contributed by atoms with Gasteiger partial charge in [-0.15, -0.1) is 0 Å². The molecule has 0 aromatic heterocycles. The Morgan fingerprint density at radius 2 is 1.83 bits per heavy atom. The standard InChI is InChI=1S/C14H28N2O2/c1-16-13-4-5-14(16)11-12(10-13)15-6-3-7-18-9-8-17-2/h12-15H,3-11H2,1-2H3. The molecule has 106 valence electrons. The van der Waals surface area contributed by atoms with Crippen LogP contribution in [0.15, 0.2) is 0 Å². The highest BCUT2D eigenvalue weighted by Gasteiger charge is 2.37. The van der Waals surface area contributed by atoms with Crippen molar-refractivity contribution in [3.05, 3.63) is 0 Å². The maximum atomic E-state index is 5.46. The van der Waals surface area contributed by atoms with E-state index in [1.54, 1.807) is 7.11 Å². The largest absolute Gasteiger partial charge is 0.382 e. The molecule has 0 aromatic rings. The van der Waals surface area contributed by atoms with Crippen LogP contribution >= 0.6 is 0 Å². The lowest BCUT2D eigenvalue weighted by molar-refractivity contribution is 0.0685. The maximum Gasteiger partial charge on any atom is 0.0700 e. The van der Waals surface area contributed by atoms with Crippen LogP contribution in [0, 0.1) is 0 Å².